The van der Waals surface area contributed by atoms with Crippen LogP contribution in [0.25, 0.3) is 5.70 Å². The summed E-state index contributed by atoms with van der Waals surface area (Å²) in [5.41, 5.74) is 5.49. The zero-order valence-electron chi connectivity index (χ0n) is 17.6. The van der Waals surface area contributed by atoms with E-state index in [0.717, 1.165) is 50.0 Å². The van der Waals surface area contributed by atoms with Gasteiger partial charge in [0.05, 0.1) is 0 Å². The van der Waals surface area contributed by atoms with Crippen molar-refractivity contribution in [2.24, 2.45) is 0 Å². The summed E-state index contributed by atoms with van der Waals surface area (Å²) in [4.78, 5) is 1.88. The molecule has 2 N–H and O–H groups in total. The molecule has 0 aliphatic carbocycles. The van der Waals surface area contributed by atoms with Gasteiger partial charge in [-0.3, -0.25) is 0 Å². The van der Waals surface area contributed by atoms with Gasteiger partial charge in [-0.05, 0) is 61.4 Å². The minimum absolute atomic E-state index is 0.221. The maximum Gasteiger partial charge on any atom is 0.123 e. The number of hydrogen-bond donors (Lipinski definition) is 3. The molecule has 0 spiro atoms. The number of allylic oxidation sites excluding steroid dienone is 1. The minimum atomic E-state index is -1.49. The molecule has 0 aromatic heterocycles. The third-order valence-electron chi connectivity index (χ3n) is 4.44. The van der Waals surface area contributed by atoms with Crippen LogP contribution >= 0.6 is 21.8 Å². The molecular weight excluding hydrogens is 399 g/mol. The second-order valence-corrected chi connectivity index (χ2v) is 11.1. The third kappa shape index (κ3) is 6.44. The first-order valence-electron chi connectivity index (χ1n) is 9.37. The third-order valence-corrected chi connectivity index (χ3v) is 6.36. The van der Waals surface area contributed by atoms with E-state index in [1.165, 1.54) is 6.07 Å². The van der Waals surface area contributed by atoms with Crippen molar-refractivity contribution in [3.8, 4) is 0 Å². The van der Waals surface area contributed by atoms with E-state index in [2.05, 4.69) is 41.6 Å². The van der Waals surface area contributed by atoms with Gasteiger partial charge in [-0.25, -0.2) is 4.39 Å². The summed E-state index contributed by atoms with van der Waals surface area (Å²) in [6, 6.07) is 9.20. The van der Waals surface area contributed by atoms with Gasteiger partial charge in [0.1, 0.15) is 5.82 Å². The van der Waals surface area contributed by atoms with Gasteiger partial charge in [0.2, 0.25) is 0 Å². The molecular formula is C24H31FN2S2. The lowest BCUT2D eigenvalue weighted by molar-refractivity contribution is 0.624. The van der Waals surface area contributed by atoms with Crippen molar-refractivity contribution >= 4 is 39.3 Å². The van der Waals surface area contributed by atoms with Crippen LogP contribution in [0.3, 0.4) is 0 Å². The van der Waals surface area contributed by atoms with Crippen molar-refractivity contribution in [2.75, 3.05) is 19.3 Å². The molecule has 2 nitrogen and oxygen atoms in total. The fourth-order valence-corrected chi connectivity index (χ4v) is 4.77. The highest BCUT2D eigenvalue weighted by atomic mass is 32.2. The maximum atomic E-state index is 13.8. The first-order valence-corrected chi connectivity index (χ1v) is 12.2. The molecule has 156 valence electrons. The van der Waals surface area contributed by atoms with Crippen LogP contribution in [0.1, 0.15) is 29.2 Å². The molecule has 0 aliphatic rings. The molecule has 0 saturated carbocycles. The molecule has 0 radical (unpaired) electrons. The van der Waals surface area contributed by atoms with Gasteiger partial charge in [0.25, 0.3) is 0 Å². The number of hydrogen-bond acceptors (Lipinski definition) is 3. The number of halogens is 1. The van der Waals surface area contributed by atoms with Gasteiger partial charge in [-0.15, -0.1) is 12.6 Å². The second-order valence-electron chi connectivity index (χ2n) is 7.65. The summed E-state index contributed by atoms with van der Waals surface area (Å²) in [5, 5.41) is 6.56. The van der Waals surface area contributed by atoms with E-state index in [4.69, 9.17) is 12.6 Å². The van der Waals surface area contributed by atoms with E-state index >= 15 is 0 Å². The van der Waals surface area contributed by atoms with Crippen LogP contribution in [0.15, 0.2) is 59.0 Å². The van der Waals surface area contributed by atoms with Gasteiger partial charge in [-0.2, -0.15) is 9.21 Å². The van der Waals surface area contributed by atoms with E-state index in [1.807, 2.05) is 32.2 Å². The summed E-state index contributed by atoms with van der Waals surface area (Å²) >= 11 is 4.85. The maximum absolute atomic E-state index is 13.8. The Morgan fingerprint density at radius 3 is 2.34 bits per heavy atom. The highest BCUT2D eigenvalue weighted by molar-refractivity contribution is 8.27. The Morgan fingerprint density at radius 2 is 1.76 bits per heavy atom. The highest BCUT2D eigenvalue weighted by Crippen LogP contribution is 2.39. The van der Waals surface area contributed by atoms with E-state index in [0.29, 0.717) is 13.0 Å². The van der Waals surface area contributed by atoms with E-state index in [-0.39, 0.29) is 5.82 Å². The molecule has 0 heterocycles. The molecule has 0 saturated heterocycles. The highest BCUT2D eigenvalue weighted by Gasteiger charge is 2.16. The first-order chi connectivity index (χ1) is 13.5. The second kappa shape index (κ2) is 9.59. The van der Waals surface area contributed by atoms with Crippen molar-refractivity contribution in [2.45, 2.75) is 30.1 Å². The predicted octanol–water partition coefficient (Wildman–Crippen LogP) is 5.35. The van der Waals surface area contributed by atoms with Crippen LogP contribution in [-0.4, -0.2) is 31.1 Å². The van der Waals surface area contributed by atoms with Gasteiger partial charge in [0, 0.05) is 39.8 Å². The van der Waals surface area contributed by atoms with Crippen LogP contribution in [0, 0.1) is 12.7 Å². The van der Waals surface area contributed by atoms with Crippen LogP contribution in [0.4, 0.5) is 4.39 Å². The van der Waals surface area contributed by atoms with E-state index in [9.17, 15) is 4.39 Å². The number of nitrogens with one attached hydrogen (secondary N) is 2. The average molecular weight is 431 g/mol. The van der Waals surface area contributed by atoms with Crippen LogP contribution in [0.2, 0.25) is 0 Å². The Labute approximate surface area is 180 Å². The smallest absolute Gasteiger partial charge is 0.123 e. The summed E-state index contributed by atoms with van der Waals surface area (Å²) in [6.07, 6.45) is 2.64. The quantitative estimate of drug-likeness (QED) is 0.284. The topological polar surface area (TPSA) is 24.1 Å². The number of thiol groups is 1. The molecule has 2 rings (SSSR count). The molecule has 0 amide bonds. The fourth-order valence-electron chi connectivity index (χ4n) is 3.17. The van der Waals surface area contributed by atoms with E-state index < -0.39 is 9.21 Å². The summed E-state index contributed by atoms with van der Waals surface area (Å²) in [5.74, 6) is 8.33. The number of benzene rings is 2. The fraction of sp³-hybridized carbons (Fsp3) is 0.250. The molecule has 0 atom stereocenters. The zero-order chi connectivity index (χ0) is 21.8. The van der Waals surface area contributed by atoms with Crippen molar-refractivity contribution < 1.29 is 4.39 Å². The average Bonchev–Trinajstić information content (AvgIpc) is 2.58. The summed E-state index contributed by atoms with van der Waals surface area (Å²) in [7, 11) is -1.49. The molecule has 2 aromatic rings. The lowest BCUT2D eigenvalue weighted by atomic mass is 10.00. The number of aryl methyl sites for hydroxylation is 1. The molecule has 0 bridgehead atoms. The standard InChI is InChI=1S/C24H31FN2S2/c1-16(2)26-10-11-27-18(4)23-22(29(5,6)7)9-8-20(24(23)28)14-19-12-17(3)13-21(25)15-19/h8-9,12-13,15,26-28H,1,4-6,10-11,14H2,2-3,7H3. The van der Waals surface area contributed by atoms with Crippen molar-refractivity contribution in [3.63, 3.8) is 0 Å². The van der Waals surface area contributed by atoms with Crippen molar-refractivity contribution in [1.29, 1.82) is 0 Å². The molecule has 5 heteroatoms. The van der Waals surface area contributed by atoms with Gasteiger partial charge >= 0.3 is 0 Å². The Bertz CT molecular complexity index is 1020. The molecule has 0 fully saturated rings. The zero-order valence-corrected chi connectivity index (χ0v) is 19.3. The normalized spacial score (nSPS) is 11.2. The number of rotatable bonds is 9. The molecule has 0 aliphatic heterocycles. The molecule has 2 aromatic carbocycles. The largest absolute Gasteiger partial charge is 0.387 e. The molecule has 29 heavy (non-hydrogen) atoms. The Hall–Kier alpha value is -2.11. The first kappa shape index (κ1) is 23.2. The minimum Gasteiger partial charge on any atom is -0.387 e. The summed E-state index contributed by atoms with van der Waals surface area (Å²) < 4.78 is 13.8. The van der Waals surface area contributed by atoms with Gasteiger partial charge in [0.15, 0.2) is 0 Å². The van der Waals surface area contributed by atoms with E-state index in [1.54, 1.807) is 6.07 Å². The van der Waals surface area contributed by atoms with Crippen LogP contribution in [0.5, 0.6) is 0 Å². The lowest BCUT2D eigenvalue weighted by Crippen LogP contribution is -2.25. The van der Waals surface area contributed by atoms with Crippen molar-refractivity contribution in [1.82, 2.24) is 10.6 Å². The van der Waals surface area contributed by atoms with Crippen molar-refractivity contribution in [3.05, 3.63) is 77.3 Å². The summed E-state index contributed by atoms with van der Waals surface area (Å²) in [6.45, 7) is 13.3. The Balaban J connectivity index is 2.39. The molecule has 0 unspecified atom stereocenters. The monoisotopic (exact) mass is 430 g/mol. The lowest BCUT2D eigenvalue weighted by Gasteiger charge is -2.22. The Kier molecular flexibility index (Phi) is 7.66. The Morgan fingerprint density at radius 1 is 1.10 bits per heavy atom. The SMILES string of the molecule is C=C(C)NCCNC(=C)c1c(S(=C)(=C)C)ccc(Cc2cc(C)cc(F)c2)c1S. The van der Waals surface area contributed by atoms with Crippen LogP contribution < -0.4 is 10.6 Å². The van der Waals surface area contributed by atoms with Gasteiger partial charge in [-0.1, -0.05) is 37.0 Å². The van der Waals surface area contributed by atoms with Gasteiger partial charge < -0.3 is 10.6 Å². The van der Waals surface area contributed by atoms with Crippen LogP contribution in [-0.2, 0) is 6.42 Å². The predicted molar refractivity (Wildman–Crippen MR) is 134 cm³/mol.